The molecule has 2 saturated heterocycles. The third-order valence-corrected chi connectivity index (χ3v) is 3.40. The molecule has 2 aliphatic heterocycles. The fourth-order valence-corrected chi connectivity index (χ4v) is 2.63. The molecule has 4 unspecified atom stereocenters. The minimum absolute atomic E-state index is 0.264. The van der Waals surface area contributed by atoms with Gasteiger partial charge in [-0.15, -0.1) is 0 Å². The monoisotopic (exact) mass is 230 g/mol. The Kier molecular flexibility index (Phi) is 4.58. The van der Waals surface area contributed by atoms with Gasteiger partial charge in [-0.05, 0) is 25.7 Å². The highest BCUT2D eigenvalue weighted by Gasteiger charge is 2.37. The smallest absolute Gasteiger partial charge is 0.0842 e. The molecule has 16 heavy (non-hydrogen) atoms. The summed E-state index contributed by atoms with van der Waals surface area (Å²) in [6.07, 6.45) is 5.43. The molecule has 2 heterocycles. The van der Waals surface area contributed by atoms with Gasteiger partial charge in [-0.1, -0.05) is 0 Å². The van der Waals surface area contributed by atoms with Crippen molar-refractivity contribution in [3.05, 3.63) is 0 Å². The highest BCUT2D eigenvalue weighted by Crippen LogP contribution is 2.31. The molecule has 94 valence electrons. The van der Waals surface area contributed by atoms with Gasteiger partial charge < -0.3 is 18.9 Å². The number of hydrogen-bond acceptors (Lipinski definition) is 4. The molecule has 0 aromatic carbocycles. The summed E-state index contributed by atoms with van der Waals surface area (Å²) in [5.74, 6) is 0. The van der Waals surface area contributed by atoms with Crippen LogP contribution >= 0.6 is 0 Å². The zero-order valence-electron chi connectivity index (χ0n) is 10.2. The van der Waals surface area contributed by atoms with E-state index in [0.717, 1.165) is 25.7 Å². The van der Waals surface area contributed by atoms with Crippen LogP contribution < -0.4 is 0 Å². The van der Waals surface area contributed by atoms with Crippen LogP contribution in [0, 0.1) is 0 Å². The van der Waals surface area contributed by atoms with Crippen molar-refractivity contribution in [2.45, 2.75) is 50.1 Å². The van der Waals surface area contributed by atoms with Crippen molar-refractivity contribution >= 4 is 0 Å². The average Bonchev–Trinajstić information content (AvgIpc) is 2.87. The van der Waals surface area contributed by atoms with E-state index >= 15 is 0 Å². The fraction of sp³-hybridized carbons (Fsp3) is 1.00. The molecular formula is C12H22O4. The van der Waals surface area contributed by atoms with Gasteiger partial charge in [-0.25, -0.2) is 0 Å². The van der Waals surface area contributed by atoms with Gasteiger partial charge in [-0.2, -0.15) is 0 Å². The maximum absolute atomic E-state index is 5.92. The molecule has 4 nitrogen and oxygen atoms in total. The second-order valence-corrected chi connectivity index (χ2v) is 4.66. The van der Waals surface area contributed by atoms with Crippen LogP contribution in [-0.4, -0.2) is 51.8 Å². The van der Waals surface area contributed by atoms with E-state index in [1.165, 1.54) is 0 Å². The van der Waals surface area contributed by atoms with Crippen LogP contribution in [0.5, 0.6) is 0 Å². The maximum atomic E-state index is 5.92. The summed E-state index contributed by atoms with van der Waals surface area (Å²) in [6, 6.07) is 0. The van der Waals surface area contributed by atoms with Crippen molar-refractivity contribution in [1.82, 2.24) is 0 Å². The topological polar surface area (TPSA) is 36.9 Å². The van der Waals surface area contributed by atoms with Crippen LogP contribution in [-0.2, 0) is 18.9 Å². The highest BCUT2D eigenvalue weighted by atomic mass is 16.6. The molecule has 0 N–H and O–H groups in total. The first kappa shape index (κ1) is 12.3. The summed E-state index contributed by atoms with van der Waals surface area (Å²) in [5, 5.41) is 0. The second-order valence-electron chi connectivity index (χ2n) is 4.66. The third kappa shape index (κ3) is 2.94. The molecule has 2 fully saturated rings. The Hall–Kier alpha value is -0.160. The number of rotatable bonds is 5. The Bertz CT molecular complexity index is 187. The number of ether oxygens (including phenoxy) is 4. The summed E-state index contributed by atoms with van der Waals surface area (Å²) in [4.78, 5) is 0. The summed E-state index contributed by atoms with van der Waals surface area (Å²) in [5.41, 5.74) is 0. The van der Waals surface area contributed by atoms with Gasteiger partial charge in [0.2, 0.25) is 0 Å². The lowest BCUT2D eigenvalue weighted by Gasteiger charge is -2.20. The fourth-order valence-electron chi connectivity index (χ4n) is 2.63. The van der Waals surface area contributed by atoms with Crippen LogP contribution in [0.3, 0.4) is 0 Å². The molecule has 0 aromatic rings. The van der Waals surface area contributed by atoms with Gasteiger partial charge in [0.25, 0.3) is 0 Å². The molecular weight excluding hydrogens is 208 g/mol. The van der Waals surface area contributed by atoms with Crippen molar-refractivity contribution in [2.24, 2.45) is 0 Å². The molecule has 0 bridgehead atoms. The molecule has 0 saturated carbocycles. The Labute approximate surface area is 97.2 Å². The Morgan fingerprint density at radius 2 is 1.25 bits per heavy atom. The summed E-state index contributed by atoms with van der Waals surface area (Å²) in [6.45, 7) is 1.40. The molecule has 0 radical (unpaired) electrons. The van der Waals surface area contributed by atoms with E-state index < -0.39 is 0 Å². The van der Waals surface area contributed by atoms with E-state index in [4.69, 9.17) is 18.9 Å². The maximum Gasteiger partial charge on any atom is 0.0842 e. The lowest BCUT2D eigenvalue weighted by atomic mass is 10.1. The molecule has 0 spiro atoms. The summed E-state index contributed by atoms with van der Waals surface area (Å²) >= 11 is 0. The number of hydrogen-bond donors (Lipinski definition) is 0. The van der Waals surface area contributed by atoms with E-state index in [2.05, 4.69) is 0 Å². The standard InChI is InChI=1S/C12H22O4/c1-13-7-9-3-5-11(15-9)12-6-4-10(16-12)8-14-2/h9-12H,3-8H2,1-2H3. The van der Waals surface area contributed by atoms with Crippen LogP contribution in [0.1, 0.15) is 25.7 Å². The molecule has 0 aromatic heterocycles. The zero-order chi connectivity index (χ0) is 11.4. The minimum Gasteiger partial charge on any atom is -0.382 e. The Morgan fingerprint density at radius 3 is 1.62 bits per heavy atom. The first-order chi connectivity index (χ1) is 7.83. The quantitative estimate of drug-likeness (QED) is 0.715. The largest absolute Gasteiger partial charge is 0.382 e. The summed E-state index contributed by atoms with van der Waals surface area (Å²) in [7, 11) is 3.44. The first-order valence-electron chi connectivity index (χ1n) is 6.12. The van der Waals surface area contributed by atoms with E-state index in [1.54, 1.807) is 14.2 Å². The van der Waals surface area contributed by atoms with Crippen LogP contribution in [0.15, 0.2) is 0 Å². The van der Waals surface area contributed by atoms with Crippen molar-refractivity contribution in [3.63, 3.8) is 0 Å². The van der Waals surface area contributed by atoms with Crippen molar-refractivity contribution < 1.29 is 18.9 Å². The normalized spacial score (nSPS) is 39.4. The van der Waals surface area contributed by atoms with E-state index in [9.17, 15) is 0 Å². The molecule has 4 atom stereocenters. The summed E-state index contributed by atoms with van der Waals surface area (Å²) < 4.78 is 22.1. The van der Waals surface area contributed by atoms with Crippen LogP contribution in [0.4, 0.5) is 0 Å². The van der Waals surface area contributed by atoms with Crippen molar-refractivity contribution in [3.8, 4) is 0 Å². The lowest BCUT2D eigenvalue weighted by molar-refractivity contribution is -0.0869. The first-order valence-corrected chi connectivity index (χ1v) is 6.12. The van der Waals surface area contributed by atoms with E-state index in [1.807, 2.05) is 0 Å². The van der Waals surface area contributed by atoms with E-state index in [0.29, 0.717) is 13.2 Å². The van der Waals surface area contributed by atoms with Gasteiger partial charge in [0.15, 0.2) is 0 Å². The lowest BCUT2D eigenvalue weighted by Crippen LogP contribution is -2.28. The number of methoxy groups -OCH3 is 2. The third-order valence-electron chi connectivity index (χ3n) is 3.40. The van der Waals surface area contributed by atoms with Gasteiger partial charge in [-0.3, -0.25) is 0 Å². The van der Waals surface area contributed by atoms with Crippen LogP contribution in [0.25, 0.3) is 0 Å². The molecule has 2 rings (SSSR count). The zero-order valence-corrected chi connectivity index (χ0v) is 10.2. The minimum atomic E-state index is 0.264. The van der Waals surface area contributed by atoms with Gasteiger partial charge >= 0.3 is 0 Å². The Balaban J connectivity index is 1.73. The van der Waals surface area contributed by atoms with Crippen LogP contribution in [0.2, 0.25) is 0 Å². The second kappa shape index (κ2) is 5.96. The predicted molar refractivity (Wildman–Crippen MR) is 59.5 cm³/mol. The molecule has 0 amide bonds. The van der Waals surface area contributed by atoms with Crippen molar-refractivity contribution in [1.29, 1.82) is 0 Å². The highest BCUT2D eigenvalue weighted by molar-refractivity contribution is 4.85. The van der Waals surface area contributed by atoms with E-state index in [-0.39, 0.29) is 24.4 Å². The van der Waals surface area contributed by atoms with Crippen molar-refractivity contribution in [2.75, 3.05) is 27.4 Å². The van der Waals surface area contributed by atoms with Gasteiger partial charge in [0.05, 0.1) is 37.6 Å². The molecule has 4 heteroatoms. The van der Waals surface area contributed by atoms with Gasteiger partial charge in [0, 0.05) is 14.2 Å². The Morgan fingerprint density at radius 1 is 0.812 bits per heavy atom. The molecule has 2 aliphatic rings. The molecule has 0 aliphatic carbocycles. The predicted octanol–water partition coefficient (Wildman–Crippen LogP) is 1.37. The van der Waals surface area contributed by atoms with Gasteiger partial charge in [0.1, 0.15) is 0 Å². The SMILES string of the molecule is COCC1CCC(C2CCC(COC)O2)O1. The average molecular weight is 230 g/mol.